The van der Waals surface area contributed by atoms with Gasteiger partial charge in [0.2, 0.25) is 0 Å². The highest BCUT2D eigenvalue weighted by Crippen LogP contribution is 2.32. The molecule has 100 valence electrons. The number of hydrogen-bond acceptors (Lipinski definition) is 3. The van der Waals surface area contributed by atoms with Crippen molar-refractivity contribution in [3.63, 3.8) is 0 Å². The minimum atomic E-state index is -2.61. The van der Waals surface area contributed by atoms with Crippen LogP contribution in [0.4, 0.5) is 8.78 Å². The summed E-state index contributed by atoms with van der Waals surface area (Å²) in [6.45, 7) is 1.98. The third-order valence-electron chi connectivity index (χ3n) is 2.21. The molecule has 7 heteroatoms. The molecule has 1 heterocycles. The minimum absolute atomic E-state index is 0.0309. The largest absolute Gasteiger partial charge is 0.466 e. The topological polar surface area (TPSA) is 39.2 Å². The van der Waals surface area contributed by atoms with Gasteiger partial charge in [0.1, 0.15) is 0 Å². The average molecular weight is 387 g/mol. The number of rotatable bonds is 5. The van der Waals surface area contributed by atoms with Crippen LogP contribution in [0.5, 0.6) is 0 Å². The second-order valence-electron chi connectivity index (χ2n) is 3.37. The maximum Gasteiger partial charge on any atom is 0.311 e. The van der Waals surface area contributed by atoms with Crippen LogP contribution < -0.4 is 0 Å². The van der Waals surface area contributed by atoms with Crippen LogP contribution in [0.1, 0.15) is 30.2 Å². The van der Waals surface area contributed by atoms with E-state index in [1.165, 1.54) is 0 Å². The lowest BCUT2D eigenvalue weighted by Crippen LogP contribution is -2.11. The molecule has 0 fully saturated rings. The van der Waals surface area contributed by atoms with Crippen molar-refractivity contribution < 1.29 is 18.3 Å². The lowest BCUT2D eigenvalue weighted by atomic mass is 10.1. The first-order valence-electron chi connectivity index (χ1n) is 5.17. The molecule has 1 aromatic rings. The summed E-state index contributed by atoms with van der Waals surface area (Å²) in [5, 5.41) is 0.329. The number of nitrogens with zero attached hydrogens (tertiary/aromatic N) is 1. The van der Waals surface area contributed by atoms with Crippen LogP contribution in [-0.4, -0.2) is 17.6 Å². The molecule has 18 heavy (non-hydrogen) atoms. The van der Waals surface area contributed by atoms with Crippen LogP contribution >= 0.6 is 31.9 Å². The number of halogens is 4. The Labute approximate surface area is 120 Å². The molecule has 0 saturated carbocycles. The van der Waals surface area contributed by atoms with E-state index in [4.69, 9.17) is 4.74 Å². The van der Waals surface area contributed by atoms with Gasteiger partial charge in [-0.25, -0.2) is 8.78 Å². The van der Waals surface area contributed by atoms with E-state index >= 15 is 0 Å². The third kappa shape index (κ3) is 3.71. The van der Waals surface area contributed by atoms with Gasteiger partial charge in [-0.2, -0.15) is 0 Å². The number of aromatic nitrogens is 1. The minimum Gasteiger partial charge on any atom is -0.466 e. The van der Waals surface area contributed by atoms with Gasteiger partial charge in [0.05, 0.1) is 24.3 Å². The van der Waals surface area contributed by atoms with E-state index in [1.807, 2.05) is 0 Å². The zero-order valence-electron chi connectivity index (χ0n) is 9.55. The van der Waals surface area contributed by atoms with Gasteiger partial charge in [-0.3, -0.25) is 9.78 Å². The maximum absolute atomic E-state index is 12.7. The van der Waals surface area contributed by atoms with Crippen molar-refractivity contribution in [2.45, 2.75) is 25.1 Å². The predicted molar refractivity (Wildman–Crippen MR) is 69.9 cm³/mol. The van der Waals surface area contributed by atoms with E-state index in [9.17, 15) is 13.6 Å². The summed E-state index contributed by atoms with van der Waals surface area (Å²) in [5.74, 6) is -0.427. The van der Waals surface area contributed by atoms with E-state index in [-0.39, 0.29) is 23.1 Å². The molecule has 0 aromatic carbocycles. The van der Waals surface area contributed by atoms with Gasteiger partial charge < -0.3 is 4.74 Å². The van der Waals surface area contributed by atoms with Gasteiger partial charge in [-0.15, -0.1) is 0 Å². The summed E-state index contributed by atoms with van der Waals surface area (Å²) in [4.78, 5) is 15.3. The zero-order valence-corrected chi connectivity index (χ0v) is 12.7. The van der Waals surface area contributed by atoms with Crippen LogP contribution in [0.2, 0.25) is 0 Å². The first-order chi connectivity index (χ1) is 8.51. The van der Waals surface area contributed by atoms with Gasteiger partial charge in [-0.05, 0) is 28.4 Å². The molecule has 0 aliphatic rings. The Morgan fingerprint density at radius 2 is 2.22 bits per heavy atom. The normalized spacial score (nSPS) is 10.8. The molecule has 0 amide bonds. The summed E-state index contributed by atoms with van der Waals surface area (Å²) in [6.07, 6.45) is -1.56. The Balaban J connectivity index is 3.07. The van der Waals surface area contributed by atoms with Gasteiger partial charge in [0.15, 0.2) is 0 Å². The van der Waals surface area contributed by atoms with Crippen molar-refractivity contribution in [3.8, 4) is 0 Å². The second kappa shape index (κ2) is 7.13. The predicted octanol–water partition coefficient (Wildman–Crippen LogP) is 3.78. The van der Waals surface area contributed by atoms with Crippen LogP contribution in [0.3, 0.4) is 0 Å². The Kier molecular flexibility index (Phi) is 6.14. The molecular formula is C11H11Br2F2NO2. The summed E-state index contributed by atoms with van der Waals surface area (Å²) < 4.78 is 30.5. The highest BCUT2D eigenvalue weighted by molar-refractivity contribution is 9.10. The molecule has 0 aliphatic heterocycles. The number of ether oxygens (including phenoxy) is 1. The first kappa shape index (κ1) is 15.5. The first-order valence-corrected chi connectivity index (χ1v) is 7.08. The lowest BCUT2D eigenvalue weighted by molar-refractivity contribution is -0.142. The van der Waals surface area contributed by atoms with Crippen molar-refractivity contribution in [2.24, 2.45) is 0 Å². The van der Waals surface area contributed by atoms with Crippen LogP contribution in [-0.2, 0) is 21.3 Å². The van der Waals surface area contributed by atoms with Crippen molar-refractivity contribution in [1.29, 1.82) is 0 Å². The zero-order chi connectivity index (χ0) is 13.7. The molecule has 0 bridgehead atoms. The number of hydrogen-bond donors (Lipinski definition) is 0. The SMILES string of the molecule is CCOC(=O)Cc1ncc(C(F)F)c(Br)c1CBr. The molecule has 1 rings (SSSR count). The van der Waals surface area contributed by atoms with Crippen molar-refractivity contribution in [1.82, 2.24) is 4.98 Å². The number of alkyl halides is 3. The van der Waals surface area contributed by atoms with Crippen LogP contribution in [0.15, 0.2) is 10.7 Å². The smallest absolute Gasteiger partial charge is 0.311 e. The quantitative estimate of drug-likeness (QED) is 0.571. The number of carbonyl (C=O) groups is 1. The van der Waals surface area contributed by atoms with E-state index < -0.39 is 12.4 Å². The molecule has 0 unspecified atom stereocenters. The Hall–Kier alpha value is -0.560. The Morgan fingerprint density at radius 1 is 1.56 bits per heavy atom. The molecule has 0 aliphatic carbocycles. The van der Waals surface area contributed by atoms with Gasteiger partial charge in [0, 0.05) is 16.0 Å². The molecule has 0 radical (unpaired) electrons. The highest BCUT2D eigenvalue weighted by atomic mass is 79.9. The molecule has 0 spiro atoms. The highest BCUT2D eigenvalue weighted by Gasteiger charge is 2.19. The third-order valence-corrected chi connectivity index (χ3v) is 3.71. The fourth-order valence-corrected chi connectivity index (χ4v) is 3.00. The summed E-state index contributed by atoms with van der Waals surface area (Å²) >= 11 is 6.32. The molecule has 0 N–H and O–H groups in total. The molecular weight excluding hydrogens is 376 g/mol. The van der Waals surface area contributed by atoms with E-state index in [1.54, 1.807) is 6.92 Å². The number of pyridine rings is 1. The van der Waals surface area contributed by atoms with Crippen LogP contribution in [0.25, 0.3) is 0 Å². The molecule has 0 atom stereocenters. The summed E-state index contributed by atoms with van der Waals surface area (Å²) in [6, 6.07) is 0. The van der Waals surface area contributed by atoms with E-state index in [2.05, 4.69) is 36.8 Å². The van der Waals surface area contributed by atoms with Crippen molar-refractivity contribution in [2.75, 3.05) is 6.61 Å². The standard InChI is InChI=1S/C11H11Br2F2NO2/c1-2-18-9(17)3-8-6(4-12)10(13)7(5-16-8)11(14)15/h5,11H,2-4H2,1H3. The maximum atomic E-state index is 12.7. The summed E-state index contributed by atoms with van der Waals surface area (Å²) in [5.41, 5.74) is 0.791. The average Bonchev–Trinajstić information content (AvgIpc) is 2.29. The monoisotopic (exact) mass is 385 g/mol. The molecule has 3 nitrogen and oxygen atoms in total. The molecule has 0 saturated heterocycles. The van der Waals surface area contributed by atoms with Crippen LogP contribution in [0, 0.1) is 0 Å². The fraction of sp³-hybridized carbons (Fsp3) is 0.455. The van der Waals surface area contributed by atoms with E-state index in [0.29, 0.717) is 16.6 Å². The Morgan fingerprint density at radius 3 is 2.72 bits per heavy atom. The fourth-order valence-electron chi connectivity index (χ4n) is 1.37. The second-order valence-corrected chi connectivity index (χ2v) is 4.72. The Bertz CT molecular complexity index is 441. The number of esters is 1. The van der Waals surface area contributed by atoms with Crippen molar-refractivity contribution >= 4 is 37.8 Å². The van der Waals surface area contributed by atoms with Crippen molar-refractivity contribution in [3.05, 3.63) is 27.5 Å². The lowest BCUT2D eigenvalue weighted by Gasteiger charge is -2.11. The van der Waals surface area contributed by atoms with Gasteiger partial charge >= 0.3 is 5.97 Å². The summed E-state index contributed by atoms with van der Waals surface area (Å²) in [7, 11) is 0. The van der Waals surface area contributed by atoms with Gasteiger partial charge in [0.25, 0.3) is 6.43 Å². The van der Waals surface area contributed by atoms with Gasteiger partial charge in [-0.1, -0.05) is 15.9 Å². The van der Waals surface area contributed by atoms with E-state index in [0.717, 1.165) is 6.20 Å². The molecule has 1 aromatic heterocycles. The number of carbonyl (C=O) groups excluding carboxylic acids is 1.